The average Bonchev–Trinajstić information content (AvgIpc) is 2.61. The number of hydrogen-bond donors (Lipinski definition) is 2. The highest BCUT2D eigenvalue weighted by atomic mass is 35.5. The van der Waals surface area contributed by atoms with Gasteiger partial charge in [-0.1, -0.05) is 35.3 Å². The summed E-state index contributed by atoms with van der Waals surface area (Å²) in [6.07, 6.45) is 2.44. The Bertz CT molecular complexity index is 1290. The summed E-state index contributed by atoms with van der Waals surface area (Å²) in [5, 5.41) is 11.0. The molecule has 0 spiro atoms. The number of rotatable bonds is 4. The van der Waals surface area contributed by atoms with E-state index in [1.54, 1.807) is 12.1 Å². The predicted octanol–water partition coefficient (Wildman–Crippen LogP) is 4.05. The van der Waals surface area contributed by atoms with Crippen LogP contribution in [-0.2, 0) is 24.6 Å². The molecule has 1 aliphatic heterocycles. The first kappa shape index (κ1) is 23.0. The lowest BCUT2D eigenvalue weighted by Gasteiger charge is -2.33. The third kappa shape index (κ3) is 3.62. The molecule has 0 radical (unpaired) electrons. The van der Waals surface area contributed by atoms with E-state index in [4.69, 9.17) is 23.2 Å². The van der Waals surface area contributed by atoms with Crippen LogP contribution in [0.15, 0.2) is 30.5 Å². The van der Waals surface area contributed by atoms with Gasteiger partial charge in [0.2, 0.25) is 10.0 Å². The summed E-state index contributed by atoms with van der Waals surface area (Å²) in [6, 6.07) is 5.15. The van der Waals surface area contributed by atoms with Crippen molar-refractivity contribution >= 4 is 53.7 Å². The number of pyridine rings is 1. The predicted molar refractivity (Wildman–Crippen MR) is 118 cm³/mol. The molecule has 1 aromatic carbocycles. The van der Waals surface area contributed by atoms with Gasteiger partial charge in [-0.2, -0.15) is 0 Å². The van der Waals surface area contributed by atoms with Gasteiger partial charge >= 0.3 is 0 Å². The lowest BCUT2D eigenvalue weighted by atomic mass is 9.97. The van der Waals surface area contributed by atoms with Crippen molar-refractivity contribution < 1.29 is 21.9 Å². The summed E-state index contributed by atoms with van der Waals surface area (Å²) in [5.74, 6) is -0.524. The molecule has 1 atom stereocenters. The van der Waals surface area contributed by atoms with Crippen LogP contribution in [0.25, 0.3) is 10.7 Å². The number of fused-ring (bicyclic) bond motifs is 1. The molecule has 11 heteroatoms. The van der Waals surface area contributed by atoms with E-state index in [2.05, 4.69) is 9.71 Å². The molecule has 0 saturated heterocycles. The SMILES string of the molecule is CC(NS(C)(=O)=O)c1c(Cl)ccc(C2=C(O)c3ncccc3C(C)(C)S2(=O)=O)c1Cl. The first-order valence-electron chi connectivity index (χ1n) is 8.79. The number of benzene rings is 1. The van der Waals surface area contributed by atoms with Gasteiger partial charge in [-0.25, -0.2) is 21.6 Å². The zero-order valence-electron chi connectivity index (χ0n) is 16.6. The Morgan fingerprint density at radius 3 is 2.43 bits per heavy atom. The van der Waals surface area contributed by atoms with Crippen LogP contribution in [0, 0.1) is 0 Å². The highest BCUT2D eigenvalue weighted by Crippen LogP contribution is 2.49. The second-order valence-corrected chi connectivity index (χ2v) is 12.5. The maximum atomic E-state index is 13.5. The zero-order chi connectivity index (χ0) is 22.6. The van der Waals surface area contributed by atoms with Gasteiger partial charge in [0, 0.05) is 34.0 Å². The van der Waals surface area contributed by atoms with Crippen molar-refractivity contribution in [3.63, 3.8) is 0 Å². The minimum Gasteiger partial charge on any atom is -0.504 e. The van der Waals surface area contributed by atoms with E-state index in [1.807, 2.05) is 0 Å². The Balaban J connectivity index is 2.34. The maximum Gasteiger partial charge on any atom is 0.209 e. The molecule has 7 nitrogen and oxygen atoms in total. The Morgan fingerprint density at radius 2 is 1.83 bits per heavy atom. The number of sulfone groups is 1. The van der Waals surface area contributed by atoms with E-state index in [1.165, 1.54) is 39.1 Å². The molecule has 0 bridgehead atoms. The largest absolute Gasteiger partial charge is 0.504 e. The van der Waals surface area contributed by atoms with Gasteiger partial charge in [0.1, 0.15) is 10.6 Å². The molecule has 3 rings (SSSR count). The minimum atomic E-state index is -4.11. The summed E-state index contributed by atoms with van der Waals surface area (Å²) in [7, 11) is -7.70. The lowest BCUT2D eigenvalue weighted by molar-refractivity contribution is 0.501. The van der Waals surface area contributed by atoms with Gasteiger partial charge < -0.3 is 5.11 Å². The van der Waals surface area contributed by atoms with Crippen molar-refractivity contribution in [3.8, 4) is 0 Å². The molecule has 2 aromatic rings. The molecule has 30 heavy (non-hydrogen) atoms. The van der Waals surface area contributed by atoms with E-state index in [-0.39, 0.29) is 31.8 Å². The molecule has 2 heterocycles. The van der Waals surface area contributed by atoms with E-state index in [9.17, 15) is 21.9 Å². The maximum absolute atomic E-state index is 13.5. The van der Waals surface area contributed by atoms with Gasteiger partial charge in [0.15, 0.2) is 15.6 Å². The average molecular weight is 491 g/mol. The molecule has 0 fully saturated rings. The van der Waals surface area contributed by atoms with Gasteiger partial charge in [-0.05, 0) is 32.9 Å². The topological polar surface area (TPSA) is 113 Å². The molecular weight excluding hydrogens is 471 g/mol. The molecule has 0 aliphatic carbocycles. The number of nitrogens with one attached hydrogen (secondary N) is 1. The van der Waals surface area contributed by atoms with E-state index in [0.717, 1.165) is 6.26 Å². The van der Waals surface area contributed by atoms with Crippen molar-refractivity contribution in [2.24, 2.45) is 0 Å². The molecule has 1 unspecified atom stereocenters. The van der Waals surface area contributed by atoms with Crippen molar-refractivity contribution in [1.29, 1.82) is 0 Å². The standard InChI is InChI=1S/C19H20Cl2N2O5S2/c1-10(23-29(4,25)26)14-13(20)8-7-11(15(14)21)18-17(24)16-12(6-5-9-22-16)19(2,3)30(18,27)28/h5-10,23-24H,1-4H3. The Kier molecular flexibility index (Phi) is 5.75. The van der Waals surface area contributed by atoms with E-state index < -0.39 is 36.4 Å². The number of aliphatic hydroxyl groups excluding tert-OH is 1. The van der Waals surface area contributed by atoms with Crippen LogP contribution in [0.3, 0.4) is 0 Å². The smallest absolute Gasteiger partial charge is 0.209 e. The Morgan fingerprint density at radius 1 is 1.20 bits per heavy atom. The van der Waals surface area contributed by atoms with Crippen molar-refractivity contribution in [1.82, 2.24) is 9.71 Å². The normalized spacial score (nSPS) is 18.7. The van der Waals surface area contributed by atoms with Gasteiger partial charge in [0.05, 0.1) is 16.0 Å². The van der Waals surface area contributed by atoms with Gasteiger partial charge in [0.25, 0.3) is 0 Å². The summed E-state index contributed by atoms with van der Waals surface area (Å²) in [5.41, 5.74) is 0.715. The van der Waals surface area contributed by atoms with Gasteiger partial charge in [-0.3, -0.25) is 4.98 Å². The number of nitrogens with zero attached hydrogens (tertiary/aromatic N) is 1. The lowest BCUT2D eigenvalue weighted by Crippen LogP contribution is -2.35. The number of halogens is 2. The number of aliphatic hydroxyl groups is 1. The highest BCUT2D eigenvalue weighted by Gasteiger charge is 2.48. The van der Waals surface area contributed by atoms with Crippen molar-refractivity contribution in [3.05, 3.63) is 62.9 Å². The first-order valence-corrected chi connectivity index (χ1v) is 12.9. The van der Waals surface area contributed by atoms with Crippen molar-refractivity contribution in [2.75, 3.05) is 6.26 Å². The molecule has 0 amide bonds. The molecule has 1 aromatic heterocycles. The number of hydrogen-bond acceptors (Lipinski definition) is 6. The third-order valence-electron chi connectivity index (χ3n) is 5.03. The van der Waals surface area contributed by atoms with Crippen LogP contribution in [0.5, 0.6) is 0 Å². The summed E-state index contributed by atoms with van der Waals surface area (Å²) < 4.78 is 51.3. The summed E-state index contributed by atoms with van der Waals surface area (Å²) in [4.78, 5) is 3.78. The van der Waals surface area contributed by atoms with Gasteiger partial charge in [-0.15, -0.1) is 0 Å². The molecular formula is C19H20Cl2N2O5S2. The van der Waals surface area contributed by atoms with Crippen molar-refractivity contribution in [2.45, 2.75) is 31.6 Å². The molecule has 2 N–H and O–H groups in total. The molecule has 162 valence electrons. The quantitative estimate of drug-likeness (QED) is 0.667. The fourth-order valence-electron chi connectivity index (χ4n) is 3.51. The molecule has 1 aliphatic rings. The third-order valence-corrected chi connectivity index (χ3v) is 9.06. The Hall–Kier alpha value is -1.65. The highest BCUT2D eigenvalue weighted by molar-refractivity contribution is 8.01. The monoisotopic (exact) mass is 490 g/mol. The fourth-order valence-corrected chi connectivity index (χ4v) is 6.89. The first-order chi connectivity index (χ1) is 13.7. The minimum absolute atomic E-state index is 0.0140. The zero-order valence-corrected chi connectivity index (χ0v) is 19.7. The summed E-state index contributed by atoms with van der Waals surface area (Å²) in [6.45, 7) is 4.57. The van der Waals surface area contributed by atoms with E-state index in [0.29, 0.717) is 5.56 Å². The van der Waals surface area contributed by atoms with Crippen LogP contribution >= 0.6 is 23.2 Å². The number of sulfonamides is 1. The van der Waals surface area contributed by atoms with Crippen LogP contribution < -0.4 is 4.72 Å². The van der Waals surface area contributed by atoms with Crippen LogP contribution in [0.1, 0.15) is 49.2 Å². The summed E-state index contributed by atoms with van der Waals surface area (Å²) >= 11 is 12.8. The van der Waals surface area contributed by atoms with E-state index >= 15 is 0 Å². The Labute approximate surface area is 185 Å². The number of aromatic nitrogens is 1. The fraction of sp³-hybridized carbons (Fsp3) is 0.316. The second-order valence-electron chi connectivity index (χ2n) is 7.53. The van der Waals surface area contributed by atoms with Crippen LogP contribution in [0.2, 0.25) is 10.0 Å². The van der Waals surface area contributed by atoms with Crippen LogP contribution in [0.4, 0.5) is 0 Å². The second kappa shape index (κ2) is 7.49. The molecule has 0 saturated carbocycles. The van der Waals surface area contributed by atoms with Crippen LogP contribution in [-0.4, -0.2) is 33.2 Å².